The van der Waals surface area contributed by atoms with E-state index in [9.17, 15) is 9.18 Å². The summed E-state index contributed by atoms with van der Waals surface area (Å²) in [6.45, 7) is 5.76. The van der Waals surface area contributed by atoms with Crippen LogP contribution in [0.1, 0.15) is 34.2 Å². The summed E-state index contributed by atoms with van der Waals surface area (Å²) in [7, 11) is 0. The molecule has 0 spiro atoms. The number of amides is 1. The predicted octanol–water partition coefficient (Wildman–Crippen LogP) is 3.84. The summed E-state index contributed by atoms with van der Waals surface area (Å²) < 4.78 is 14.6. The minimum absolute atomic E-state index is 0.245. The van der Waals surface area contributed by atoms with Crippen LogP contribution in [-0.4, -0.2) is 20.9 Å². The Balaban J connectivity index is 1.91. The number of nitrogens with zero attached hydrogens (tertiary/aromatic N) is 3. The maximum Gasteiger partial charge on any atom is 0.278 e. The lowest BCUT2D eigenvalue weighted by Crippen LogP contribution is -2.16. The van der Waals surface area contributed by atoms with Crippen LogP contribution in [0.15, 0.2) is 42.5 Å². The van der Waals surface area contributed by atoms with Crippen molar-refractivity contribution in [3.63, 3.8) is 0 Å². The minimum atomic E-state index is -0.328. The van der Waals surface area contributed by atoms with Crippen LogP contribution in [0.25, 0.3) is 5.69 Å². The summed E-state index contributed by atoms with van der Waals surface area (Å²) >= 11 is 0. The second-order valence-corrected chi connectivity index (χ2v) is 5.83. The molecule has 0 aliphatic heterocycles. The van der Waals surface area contributed by atoms with Gasteiger partial charge >= 0.3 is 0 Å². The first-order chi connectivity index (χ1) is 12.0. The van der Waals surface area contributed by atoms with E-state index in [-0.39, 0.29) is 17.4 Å². The Morgan fingerprint density at radius 3 is 2.56 bits per heavy atom. The average molecular weight is 338 g/mol. The maximum atomic E-state index is 13.1. The van der Waals surface area contributed by atoms with Gasteiger partial charge in [0.25, 0.3) is 5.91 Å². The van der Waals surface area contributed by atoms with Crippen LogP contribution in [0.5, 0.6) is 0 Å². The fourth-order valence-electron chi connectivity index (χ4n) is 2.74. The van der Waals surface area contributed by atoms with E-state index in [1.807, 2.05) is 32.0 Å². The molecule has 0 fully saturated rings. The summed E-state index contributed by atoms with van der Waals surface area (Å²) in [6, 6.07) is 11.8. The Hall–Kier alpha value is -3.02. The molecule has 3 aromatic rings. The molecule has 0 aliphatic rings. The highest BCUT2D eigenvalue weighted by Gasteiger charge is 2.19. The van der Waals surface area contributed by atoms with Gasteiger partial charge in [0.2, 0.25) is 0 Å². The van der Waals surface area contributed by atoms with Crippen LogP contribution >= 0.6 is 0 Å². The van der Waals surface area contributed by atoms with Gasteiger partial charge < -0.3 is 5.32 Å². The number of aryl methyl sites for hydroxylation is 2. The highest BCUT2D eigenvalue weighted by atomic mass is 19.1. The number of benzene rings is 2. The molecule has 0 saturated heterocycles. The topological polar surface area (TPSA) is 59.8 Å². The second kappa shape index (κ2) is 6.84. The van der Waals surface area contributed by atoms with Crippen LogP contribution in [0.3, 0.4) is 0 Å². The van der Waals surface area contributed by atoms with E-state index < -0.39 is 0 Å². The van der Waals surface area contributed by atoms with Crippen molar-refractivity contribution in [2.24, 2.45) is 0 Å². The molecule has 3 rings (SSSR count). The fraction of sp³-hybridized carbons (Fsp3) is 0.211. The van der Waals surface area contributed by atoms with E-state index in [0.29, 0.717) is 11.4 Å². The number of halogens is 1. The Morgan fingerprint density at radius 2 is 1.88 bits per heavy atom. The fourth-order valence-corrected chi connectivity index (χ4v) is 2.74. The molecule has 5 nitrogen and oxygen atoms in total. The molecule has 1 heterocycles. The van der Waals surface area contributed by atoms with Crippen molar-refractivity contribution in [3.8, 4) is 5.69 Å². The van der Waals surface area contributed by atoms with Gasteiger partial charge in [-0.1, -0.05) is 30.3 Å². The van der Waals surface area contributed by atoms with Crippen molar-refractivity contribution < 1.29 is 9.18 Å². The quantitative estimate of drug-likeness (QED) is 0.786. The van der Waals surface area contributed by atoms with Crippen LogP contribution in [-0.2, 0) is 6.42 Å². The third kappa shape index (κ3) is 3.28. The molecule has 2 aromatic carbocycles. The van der Waals surface area contributed by atoms with E-state index >= 15 is 0 Å². The number of rotatable bonds is 4. The number of nitrogens with one attached hydrogen (secondary N) is 1. The summed E-state index contributed by atoms with van der Waals surface area (Å²) in [6.07, 6.45) is 0.818. The van der Waals surface area contributed by atoms with Crippen molar-refractivity contribution in [1.29, 1.82) is 0 Å². The minimum Gasteiger partial charge on any atom is -0.320 e. The predicted molar refractivity (Wildman–Crippen MR) is 94.6 cm³/mol. The molecule has 0 bridgehead atoms. The van der Waals surface area contributed by atoms with Crippen molar-refractivity contribution in [2.75, 3.05) is 5.32 Å². The smallest absolute Gasteiger partial charge is 0.278 e. The van der Waals surface area contributed by atoms with Gasteiger partial charge in [-0.25, -0.2) is 9.07 Å². The first-order valence-electron chi connectivity index (χ1n) is 8.09. The molecule has 1 amide bonds. The molecular formula is C19H19FN4O. The zero-order valence-electron chi connectivity index (χ0n) is 14.4. The standard InChI is InChI=1S/C19H19FN4O/c1-4-14-7-5-6-12(2)17(14)21-19(25)18-13(3)24(23-22-18)16-10-8-15(20)9-11-16/h5-11H,4H2,1-3H3,(H,21,25). The highest BCUT2D eigenvalue weighted by molar-refractivity contribution is 6.04. The van der Waals surface area contributed by atoms with Crippen LogP contribution in [0, 0.1) is 19.7 Å². The molecule has 6 heteroatoms. The van der Waals surface area contributed by atoms with E-state index in [0.717, 1.165) is 23.2 Å². The summed E-state index contributed by atoms with van der Waals surface area (Å²) in [5.74, 6) is -0.638. The van der Waals surface area contributed by atoms with Crippen molar-refractivity contribution in [3.05, 3.63) is 70.8 Å². The Morgan fingerprint density at radius 1 is 1.16 bits per heavy atom. The Kier molecular flexibility index (Phi) is 4.61. The summed E-state index contributed by atoms with van der Waals surface area (Å²) in [5, 5.41) is 11.0. The molecule has 0 unspecified atom stereocenters. The van der Waals surface area contributed by atoms with Crippen molar-refractivity contribution in [2.45, 2.75) is 27.2 Å². The van der Waals surface area contributed by atoms with E-state index in [1.54, 1.807) is 19.1 Å². The number of hydrogen-bond acceptors (Lipinski definition) is 3. The van der Waals surface area contributed by atoms with Crippen molar-refractivity contribution >= 4 is 11.6 Å². The zero-order chi connectivity index (χ0) is 18.0. The number of para-hydroxylation sites is 1. The van der Waals surface area contributed by atoms with E-state index in [4.69, 9.17) is 0 Å². The third-order valence-corrected chi connectivity index (χ3v) is 4.16. The normalized spacial score (nSPS) is 10.7. The van der Waals surface area contributed by atoms with Gasteiger partial charge in [0.15, 0.2) is 5.69 Å². The lowest BCUT2D eigenvalue weighted by Gasteiger charge is -2.12. The van der Waals surface area contributed by atoms with Gasteiger partial charge in [-0.05, 0) is 55.7 Å². The largest absolute Gasteiger partial charge is 0.320 e. The molecule has 0 saturated carbocycles. The number of anilines is 1. The molecule has 0 aliphatic carbocycles. The molecule has 1 aromatic heterocycles. The second-order valence-electron chi connectivity index (χ2n) is 5.83. The van der Waals surface area contributed by atoms with Crippen LogP contribution in [0.4, 0.5) is 10.1 Å². The van der Waals surface area contributed by atoms with Gasteiger partial charge in [0.1, 0.15) is 5.82 Å². The molecular weight excluding hydrogens is 319 g/mol. The lowest BCUT2D eigenvalue weighted by atomic mass is 10.1. The van der Waals surface area contributed by atoms with Gasteiger partial charge in [0.05, 0.1) is 11.4 Å². The molecule has 0 radical (unpaired) electrons. The van der Waals surface area contributed by atoms with E-state index in [1.165, 1.54) is 16.8 Å². The van der Waals surface area contributed by atoms with Crippen LogP contribution < -0.4 is 5.32 Å². The van der Waals surface area contributed by atoms with Gasteiger partial charge in [-0.3, -0.25) is 4.79 Å². The number of carbonyl (C=O) groups is 1. The SMILES string of the molecule is CCc1cccc(C)c1NC(=O)c1nnn(-c2ccc(F)cc2)c1C. The first-order valence-corrected chi connectivity index (χ1v) is 8.09. The molecule has 25 heavy (non-hydrogen) atoms. The molecule has 128 valence electrons. The summed E-state index contributed by atoms with van der Waals surface area (Å²) in [4.78, 5) is 12.7. The number of carbonyl (C=O) groups excluding carboxylic acids is 1. The first kappa shape index (κ1) is 16.8. The van der Waals surface area contributed by atoms with Gasteiger partial charge in [0, 0.05) is 5.69 Å². The van der Waals surface area contributed by atoms with Gasteiger partial charge in [-0.15, -0.1) is 5.10 Å². The van der Waals surface area contributed by atoms with Crippen molar-refractivity contribution in [1.82, 2.24) is 15.0 Å². The zero-order valence-corrected chi connectivity index (χ0v) is 14.4. The summed E-state index contributed by atoms with van der Waals surface area (Å²) in [5.41, 5.74) is 4.36. The Bertz CT molecular complexity index is 916. The number of aromatic nitrogens is 3. The molecule has 0 atom stereocenters. The Labute approximate surface area is 145 Å². The monoisotopic (exact) mass is 338 g/mol. The highest BCUT2D eigenvalue weighted by Crippen LogP contribution is 2.22. The lowest BCUT2D eigenvalue weighted by molar-refractivity contribution is 0.102. The average Bonchev–Trinajstić information content (AvgIpc) is 2.99. The van der Waals surface area contributed by atoms with Gasteiger partial charge in [-0.2, -0.15) is 0 Å². The maximum absolute atomic E-state index is 13.1. The third-order valence-electron chi connectivity index (χ3n) is 4.16. The van der Waals surface area contributed by atoms with E-state index in [2.05, 4.69) is 15.6 Å². The number of hydrogen-bond donors (Lipinski definition) is 1. The molecule has 1 N–H and O–H groups in total. The van der Waals surface area contributed by atoms with Crippen LogP contribution in [0.2, 0.25) is 0 Å².